The van der Waals surface area contributed by atoms with Crippen LogP contribution in [0.3, 0.4) is 0 Å². The van der Waals surface area contributed by atoms with Gasteiger partial charge < -0.3 is 24.6 Å². The van der Waals surface area contributed by atoms with Crippen LogP contribution in [0.5, 0.6) is 5.75 Å². The average Bonchev–Trinajstić information content (AvgIpc) is 3.26. The summed E-state index contributed by atoms with van der Waals surface area (Å²) in [7, 11) is 0. The molecular formula is C33H42F6N2O6. The normalized spacial score (nSPS) is 22.0. The number of amides is 3. The van der Waals surface area contributed by atoms with Gasteiger partial charge in [0.2, 0.25) is 0 Å². The van der Waals surface area contributed by atoms with Crippen molar-refractivity contribution in [3.8, 4) is 5.75 Å². The Kier molecular flexibility index (Phi) is 10.8. The molecule has 3 amide bonds. The lowest BCUT2D eigenvalue weighted by atomic mass is 9.72. The molecule has 262 valence electrons. The van der Waals surface area contributed by atoms with Gasteiger partial charge >= 0.3 is 18.4 Å². The van der Waals surface area contributed by atoms with Gasteiger partial charge in [0.1, 0.15) is 30.3 Å². The van der Waals surface area contributed by atoms with Crippen molar-refractivity contribution in [3.63, 3.8) is 0 Å². The summed E-state index contributed by atoms with van der Waals surface area (Å²) in [5, 5.41) is 13.0. The number of hydrogen-bond acceptors (Lipinski definition) is 6. The fourth-order valence-electron chi connectivity index (χ4n) is 6.53. The van der Waals surface area contributed by atoms with Crippen molar-refractivity contribution in [2.75, 3.05) is 26.4 Å². The number of carbonyl (C=O) groups is 2. The second-order valence-corrected chi connectivity index (χ2v) is 12.4. The van der Waals surface area contributed by atoms with Crippen LogP contribution in [0.25, 0.3) is 0 Å². The van der Waals surface area contributed by atoms with Crippen LogP contribution in [-0.2, 0) is 32.7 Å². The molecule has 2 atom stereocenters. The summed E-state index contributed by atoms with van der Waals surface area (Å²) in [5.41, 5.74) is -7.28. The van der Waals surface area contributed by atoms with Crippen molar-refractivity contribution in [2.45, 2.75) is 96.1 Å². The molecule has 0 aromatic heterocycles. The Morgan fingerprint density at radius 2 is 1.60 bits per heavy atom. The molecule has 2 unspecified atom stereocenters. The molecule has 0 radical (unpaired) electrons. The highest BCUT2D eigenvalue weighted by Gasteiger charge is 2.71. The quantitative estimate of drug-likeness (QED) is 0.135. The Labute approximate surface area is 270 Å². The van der Waals surface area contributed by atoms with Crippen molar-refractivity contribution in [2.24, 2.45) is 11.8 Å². The van der Waals surface area contributed by atoms with Gasteiger partial charge in [-0.3, -0.25) is 9.69 Å². The van der Waals surface area contributed by atoms with Gasteiger partial charge in [0, 0.05) is 24.4 Å². The first kappa shape index (κ1) is 36.4. The zero-order valence-corrected chi connectivity index (χ0v) is 26.9. The molecule has 3 aliphatic rings. The number of nitrogens with zero attached hydrogens (tertiary/aromatic N) is 1. The molecule has 2 aliphatic heterocycles. The molecule has 2 N–H and O–H groups in total. The Bertz CT molecular complexity index is 1350. The molecule has 47 heavy (non-hydrogen) atoms. The highest BCUT2D eigenvalue weighted by molar-refractivity contribution is 6.07. The summed E-state index contributed by atoms with van der Waals surface area (Å²) in [5.74, 6) is 0.470. The molecule has 8 nitrogen and oxygen atoms in total. The monoisotopic (exact) mass is 676 g/mol. The lowest BCUT2D eigenvalue weighted by Crippen LogP contribution is -2.57. The van der Waals surface area contributed by atoms with E-state index in [1.165, 1.54) is 4.90 Å². The number of ether oxygens (including phenoxy) is 3. The van der Waals surface area contributed by atoms with E-state index in [1.54, 1.807) is 19.9 Å². The van der Waals surface area contributed by atoms with Gasteiger partial charge in [0.05, 0.1) is 6.61 Å². The fraction of sp³-hybridized carbons (Fsp3) is 0.636. The molecule has 1 aliphatic carbocycles. The van der Waals surface area contributed by atoms with Gasteiger partial charge in [0.25, 0.3) is 11.5 Å². The molecule has 1 aromatic rings. The van der Waals surface area contributed by atoms with Gasteiger partial charge in [-0.2, -0.15) is 26.3 Å². The molecule has 0 spiro atoms. The van der Waals surface area contributed by atoms with Crippen molar-refractivity contribution in [1.29, 1.82) is 0 Å². The van der Waals surface area contributed by atoms with E-state index in [0.29, 0.717) is 56.8 Å². The number of carbonyl (C=O) groups excluding carboxylic acids is 2. The van der Waals surface area contributed by atoms with E-state index < -0.39 is 35.1 Å². The highest BCUT2D eigenvalue weighted by atomic mass is 19.4. The highest BCUT2D eigenvalue weighted by Crippen LogP contribution is 2.51. The van der Waals surface area contributed by atoms with Gasteiger partial charge in [-0.15, -0.1) is 0 Å². The van der Waals surface area contributed by atoms with Crippen molar-refractivity contribution >= 4 is 11.9 Å². The third-order valence-electron chi connectivity index (χ3n) is 8.97. The van der Waals surface area contributed by atoms with Crippen molar-refractivity contribution < 1.29 is 55.2 Å². The number of nitrogens with one attached hydrogen (secondary N) is 1. The van der Waals surface area contributed by atoms with E-state index in [1.807, 2.05) is 19.9 Å². The van der Waals surface area contributed by atoms with Gasteiger partial charge in [0.15, 0.2) is 5.76 Å². The maximum Gasteiger partial charge on any atom is 0.430 e. The number of unbranched alkanes of at least 4 members (excludes halogenated alkanes) is 1. The van der Waals surface area contributed by atoms with E-state index >= 15 is 0 Å². The predicted molar refractivity (Wildman–Crippen MR) is 159 cm³/mol. The Morgan fingerprint density at radius 1 is 1.00 bits per heavy atom. The van der Waals surface area contributed by atoms with Gasteiger partial charge in [-0.25, -0.2) is 4.79 Å². The molecule has 4 rings (SSSR count). The second kappa shape index (κ2) is 14.0. The zero-order chi connectivity index (χ0) is 34.8. The van der Waals surface area contributed by atoms with Crippen molar-refractivity contribution in [3.05, 3.63) is 52.5 Å². The number of aryl methyl sites for hydroxylation is 2. The summed E-state index contributed by atoms with van der Waals surface area (Å²) in [4.78, 5) is 28.1. The first-order valence-corrected chi connectivity index (χ1v) is 16.0. The summed E-state index contributed by atoms with van der Waals surface area (Å²) in [6.07, 6.45) is -6.26. The third kappa shape index (κ3) is 6.80. The minimum atomic E-state index is -6.00. The van der Waals surface area contributed by atoms with Crippen LogP contribution >= 0.6 is 0 Å². The molecule has 1 aromatic carbocycles. The lowest BCUT2D eigenvalue weighted by molar-refractivity contribution is -0.376. The van der Waals surface area contributed by atoms with Gasteiger partial charge in [-0.1, -0.05) is 46.6 Å². The Hall–Kier alpha value is -3.42. The largest absolute Gasteiger partial charge is 0.493 e. The molecular weight excluding hydrogens is 634 g/mol. The van der Waals surface area contributed by atoms with Crippen LogP contribution in [0.4, 0.5) is 31.1 Å². The minimum absolute atomic E-state index is 0.0359. The van der Waals surface area contributed by atoms with E-state index in [9.17, 15) is 41.0 Å². The molecule has 14 heteroatoms. The van der Waals surface area contributed by atoms with Crippen LogP contribution < -0.4 is 10.1 Å². The van der Waals surface area contributed by atoms with E-state index in [2.05, 4.69) is 5.32 Å². The Morgan fingerprint density at radius 3 is 2.15 bits per heavy atom. The summed E-state index contributed by atoms with van der Waals surface area (Å²) in [6.45, 7) is 8.12. The standard InChI is InChI=1S/C33H42F6N2O6/c1-5-9-21-17-24(31(44,32(34,35)36)33(37,38)39)18-22(10-6-2)27(21)47-14-8-7-13-41-28(42)30(20(3)4,40-29(41)43)23-11-12-25-26(19-23)46-16-15-45-25/h11-12,17-18,20,23,44H,5-10,13-16,19H2,1-4H3,(H,40,43). The number of urea groups is 1. The van der Waals surface area contributed by atoms with Crippen LogP contribution in [-0.4, -0.2) is 66.2 Å². The number of halogens is 6. The molecule has 0 saturated carbocycles. The smallest absolute Gasteiger partial charge is 0.430 e. The van der Waals surface area contributed by atoms with Crippen LogP contribution in [0.1, 0.15) is 76.5 Å². The molecule has 1 saturated heterocycles. The summed E-state index contributed by atoms with van der Waals surface area (Å²) in [6, 6.07) is 0.924. The SMILES string of the molecule is CCCc1cc(C(O)(C(F)(F)F)C(F)(F)F)cc(CCC)c1OCCCCN1C(=O)NC(C(C)C)(C2C=CC3=C(C2)OCCO3)C1=O. The molecule has 0 bridgehead atoms. The molecule has 2 heterocycles. The first-order chi connectivity index (χ1) is 22.0. The maximum atomic E-state index is 13.8. The number of allylic oxidation sites excluding steroid dienone is 2. The topological polar surface area (TPSA) is 97.3 Å². The minimum Gasteiger partial charge on any atom is -0.493 e. The van der Waals surface area contributed by atoms with E-state index in [4.69, 9.17) is 14.2 Å². The predicted octanol–water partition coefficient (Wildman–Crippen LogP) is 6.84. The van der Waals surface area contributed by atoms with Crippen LogP contribution in [0.2, 0.25) is 0 Å². The van der Waals surface area contributed by atoms with E-state index in [0.717, 1.165) is 12.1 Å². The fourth-order valence-corrected chi connectivity index (χ4v) is 6.53. The average molecular weight is 677 g/mol. The number of aliphatic hydroxyl groups is 1. The summed E-state index contributed by atoms with van der Waals surface area (Å²) >= 11 is 0. The molecule has 1 fully saturated rings. The number of hydrogen-bond donors (Lipinski definition) is 2. The van der Waals surface area contributed by atoms with Crippen LogP contribution in [0, 0.1) is 11.8 Å². The number of rotatable bonds is 13. The summed E-state index contributed by atoms with van der Waals surface area (Å²) < 4.78 is 99.4. The maximum absolute atomic E-state index is 13.8. The first-order valence-electron chi connectivity index (χ1n) is 16.0. The second-order valence-electron chi connectivity index (χ2n) is 12.4. The van der Waals surface area contributed by atoms with Crippen LogP contribution in [0.15, 0.2) is 35.8 Å². The Balaban J connectivity index is 1.47. The number of imide groups is 1. The lowest BCUT2D eigenvalue weighted by Gasteiger charge is -2.39. The zero-order valence-electron chi connectivity index (χ0n) is 26.9. The van der Waals surface area contributed by atoms with Gasteiger partial charge in [-0.05, 0) is 60.9 Å². The van der Waals surface area contributed by atoms with Crippen molar-refractivity contribution in [1.82, 2.24) is 10.2 Å². The van der Waals surface area contributed by atoms with E-state index in [-0.39, 0.29) is 60.6 Å². The number of alkyl halides is 6. The third-order valence-corrected chi connectivity index (χ3v) is 8.97. The number of benzene rings is 1.